The summed E-state index contributed by atoms with van der Waals surface area (Å²) in [4.78, 5) is 36.7. The average molecular weight is 427 g/mol. The number of benzene rings is 1. The van der Waals surface area contributed by atoms with Crippen LogP contribution in [0.3, 0.4) is 0 Å². The Kier molecular flexibility index (Phi) is 9.00. The molecule has 0 saturated heterocycles. The average Bonchev–Trinajstić information content (AvgIpc) is 2.61. The zero-order valence-electron chi connectivity index (χ0n) is 16.4. The third-order valence-electron chi connectivity index (χ3n) is 4.08. The molecule has 160 valence electrons. The molecule has 0 aliphatic rings. The first kappa shape index (κ1) is 24.3. The van der Waals surface area contributed by atoms with E-state index in [1.165, 1.54) is 31.2 Å². The number of hydrogen-bond acceptors (Lipinski definition) is 7. The SMILES string of the molecule is CC(C)CC(NC(=O)C(Cc1ccc(O)cc1)N(C(=O)C(C)N)P(=O)=O)C(=O)O. The van der Waals surface area contributed by atoms with Crippen molar-refractivity contribution >= 4 is 25.6 Å². The van der Waals surface area contributed by atoms with Crippen LogP contribution in [0.25, 0.3) is 0 Å². The van der Waals surface area contributed by atoms with Crippen LogP contribution in [0.15, 0.2) is 24.3 Å². The van der Waals surface area contributed by atoms with E-state index in [2.05, 4.69) is 5.32 Å². The van der Waals surface area contributed by atoms with Gasteiger partial charge in [-0.2, -0.15) is 0 Å². The number of phenolic OH excluding ortho intramolecular Hbond substituents is 1. The summed E-state index contributed by atoms with van der Waals surface area (Å²) in [5, 5.41) is 21.1. The minimum absolute atomic E-state index is 0.0314. The lowest BCUT2D eigenvalue weighted by atomic mass is 10.0. The summed E-state index contributed by atoms with van der Waals surface area (Å²) in [5.74, 6) is -3.27. The highest BCUT2D eigenvalue weighted by atomic mass is 31.1. The molecule has 29 heavy (non-hydrogen) atoms. The number of carbonyl (C=O) groups is 3. The lowest BCUT2D eigenvalue weighted by Crippen LogP contribution is -2.54. The summed E-state index contributed by atoms with van der Waals surface area (Å²) in [6.07, 6.45) is -0.0976. The standard InChI is InChI=1S/C18H26N3O7P/c1-10(2)8-14(18(25)26)20-16(23)15(9-12-4-6-13(22)7-5-12)21(29(27)28)17(24)11(3)19/h4-7,10-11,14-15,22H,8-9,19H2,1-3H3,(H,20,23)(H,25,26). The highest BCUT2D eigenvalue weighted by Crippen LogP contribution is 2.23. The van der Waals surface area contributed by atoms with Crippen LogP contribution < -0.4 is 11.1 Å². The van der Waals surface area contributed by atoms with Crippen LogP contribution in [0.4, 0.5) is 0 Å². The van der Waals surface area contributed by atoms with Crippen LogP contribution in [0.2, 0.25) is 0 Å². The van der Waals surface area contributed by atoms with Crippen molar-refractivity contribution in [3.05, 3.63) is 29.8 Å². The minimum Gasteiger partial charge on any atom is -0.508 e. The Bertz CT molecular complexity index is 798. The number of carboxylic acid groups (broad SMARTS) is 1. The molecule has 1 aromatic rings. The molecule has 0 radical (unpaired) electrons. The molecule has 2 amide bonds. The van der Waals surface area contributed by atoms with E-state index in [0.717, 1.165) is 0 Å². The molecule has 0 fully saturated rings. The molecule has 5 N–H and O–H groups in total. The number of aliphatic carboxylic acids is 1. The van der Waals surface area contributed by atoms with Crippen LogP contribution in [0.1, 0.15) is 32.8 Å². The number of amides is 2. The van der Waals surface area contributed by atoms with Crippen molar-refractivity contribution in [1.29, 1.82) is 0 Å². The smallest absolute Gasteiger partial charge is 0.429 e. The number of nitrogens with zero attached hydrogens (tertiary/aromatic N) is 1. The summed E-state index contributed by atoms with van der Waals surface area (Å²) in [6, 6.07) is 1.64. The molecule has 0 aliphatic carbocycles. The fourth-order valence-corrected chi connectivity index (χ4v) is 3.42. The highest BCUT2D eigenvalue weighted by molar-refractivity contribution is 7.29. The molecule has 1 aromatic carbocycles. The van der Waals surface area contributed by atoms with Crippen molar-refractivity contribution in [2.24, 2.45) is 11.7 Å². The van der Waals surface area contributed by atoms with E-state index in [9.17, 15) is 33.7 Å². The van der Waals surface area contributed by atoms with Crippen molar-refractivity contribution in [1.82, 2.24) is 9.99 Å². The molecule has 0 saturated carbocycles. The number of nitrogens with one attached hydrogen (secondary N) is 1. The maximum Gasteiger partial charge on any atom is 0.429 e. The Morgan fingerprint density at radius 2 is 1.69 bits per heavy atom. The lowest BCUT2D eigenvalue weighted by molar-refractivity contribution is -0.143. The van der Waals surface area contributed by atoms with Crippen molar-refractivity contribution in [3.63, 3.8) is 0 Å². The molecule has 0 aliphatic heterocycles. The van der Waals surface area contributed by atoms with E-state index in [0.29, 0.717) is 10.2 Å². The topological polar surface area (TPSA) is 167 Å². The molecular formula is C18H26N3O7P. The van der Waals surface area contributed by atoms with Gasteiger partial charge in [-0.05, 0) is 37.0 Å². The summed E-state index contributed by atoms with van der Waals surface area (Å²) >= 11 is 0. The molecule has 11 heteroatoms. The summed E-state index contributed by atoms with van der Waals surface area (Å²) < 4.78 is 23.9. The molecule has 3 unspecified atom stereocenters. The molecule has 0 heterocycles. The predicted molar refractivity (Wildman–Crippen MR) is 103 cm³/mol. The van der Waals surface area contributed by atoms with Gasteiger partial charge in [0, 0.05) is 6.42 Å². The fraction of sp³-hybridized carbons (Fsp3) is 0.500. The van der Waals surface area contributed by atoms with Gasteiger partial charge in [-0.25, -0.2) is 18.6 Å². The minimum atomic E-state index is -3.52. The number of aromatic hydroxyl groups is 1. The van der Waals surface area contributed by atoms with E-state index in [-0.39, 0.29) is 24.5 Å². The molecule has 3 atom stereocenters. The van der Waals surface area contributed by atoms with Gasteiger partial charge in [0.2, 0.25) is 5.91 Å². The first-order valence-corrected chi connectivity index (χ1v) is 10.1. The zero-order chi connectivity index (χ0) is 22.3. The van der Waals surface area contributed by atoms with Gasteiger partial charge >= 0.3 is 13.8 Å². The number of phenols is 1. The first-order valence-electron chi connectivity index (χ1n) is 8.98. The second-order valence-electron chi connectivity index (χ2n) is 7.12. The van der Waals surface area contributed by atoms with Gasteiger partial charge in [-0.3, -0.25) is 9.59 Å². The number of carboxylic acids is 1. The summed E-state index contributed by atoms with van der Waals surface area (Å²) in [6.45, 7) is 4.83. The number of nitrogens with two attached hydrogens (primary N) is 1. The van der Waals surface area contributed by atoms with Crippen LogP contribution in [0, 0.1) is 5.92 Å². The van der Waals surface area contributed by atoms with E-state index >= 15 is 0 Å². The van der Waals surface area contributed by atoms with Gasteiger partial charge in [0.25, 0.3) is 5.91 Å². The largest absolute Gasteiger partial charge is 0.508 e. The van der Waals surface area contributed by atoms with Gasteiger partial charge < -0.3 is 21.3 Å². The van der Waals surface area contributed by atoms with Gasteiger partial charge in [0.15, 0.2) is 0 Å². The normalized spacial score (nSPS) is 14.0. The Morgan fingerprint density at radius 1 is 1.14 bits per heavy atom. The van der Waals surface area contributed by atoms with Crippen LogP contribution >= 0.6 is 7.83 Å². The zero-order valence-corrected chi connectivity index (χ0v) is 17.3. The molecular weight excluding hydrogens is 401 g/mol. The van der Waals surface area contributed by atoms with Crippen LogP contribution in [-0.4, -0.2) is 50.8 Å². The van der Waals surface area contributed by atoms with Crippen molar-refractivity contribution in [2.75, 3.05) is 0 Å². The predicted octanol–water partition coefficient (Wildman–Crippen LogP) is 1.18. The summed E-state index contributed by atoms with van der Waals surface area (Å²) in [7, 11) is -3.52. The van der Waals surface area contributed by atoms with Crippen molar-refractivity contribution in [2.45, 2.75) is 51.7 Å². The third kappa shape index (κ3) is 7.32. The van der Waals surface area contributed by atoms with Crippen molar-refractivity contribution < 1.29 is 33.7 Å². The van der Waals surface area contributed by atoms with Crippen LogP contribution in [0.5, 0.6) is 5.75 Å². The maximum absolute atomic E-state index is 12.9. The van der Waals surface area contributed by atoms with E-state index in [1.807, 2.05) is 0 Å². The van der Waals surface area contributed by atoms with Gasteiger partial charge in [0.05, 0.1) is 6.04 Å². The van der Waals surface area contributed by atoms with E-state index < -0.39 is 43.7 Å². The quantitative estimate of drug-likeness (QED) is 0.404. The molecule has 10 nitrogen and oxygen atoms in total. The fourth-order valence-electron chi connectivity index (χ4n) is 2.66. The Balaban J connectivity index is 3.29. The third-order valence-corrected chi connectivity index (χ3v) is 4.90. The van der Waals surface area contributed by atoms with Gasteiger partial charge in [0.1, 0.15) is 17.8 Å². The van der Waals surface area contributed by atoms with Gasteiger partial charge in [-0.15, -0.1) is 0 Å². The van der Waals surface area contributed by atoms with Gasteiger partial charge in [-0.1, -0.05) is 26.0 Å². The number of hydrogen-bond donors (Lipinski definition) is 4. The highest BCUT2D eigenvalue weighted by Gasteiger charge is 2.37. The van der Waals surface area contributed by atoms with Crippen molar-refractivity contribution in [3.8, 4) is 5.75 Å². The Morgan fingerprint density at radius 3 is 2.10 bits per heavy atom. The Hall–Kier alpha value is -2.71. The monoisotopic (exact) mass is 427 g/mol. The molecule has 0 aromatic heterocycles. The lowest BCUT2D eigenvalue weighted by Gasteiger charge is -2.27. The Labute approximate surface area is 168 Å². The second-order valence-corrected chi connectivity index (χ2v) is 8.03. The molecule has 0 bridgehead atoms. The molecule has 1 rings (SSSR count). The number of carbonyl (C=O) groups excluding carboxylic acids is 2. The second kappa shape index (κ2) is 10.7. The van der Waals surface area contributed by atoms with E-state index in [1.54, 1.807) is 13.8 Å². The maximum atomic E-state index is 12.9. The van der Waals surface area contributed by atoms with Crippen LogP contribution in [-0.2, 0) is 29.9 Å². The number of rotatable bonds is 10. The summed E-state index contributed by atoms with van der Waals surface area (Å²) in [5.41, 5.74) is 5.98. The first-order chi connectivity index (χ1) is 13.4. The van der Waals surface area contributed by atoms with E-state index in [4.69, 9.17) is 5.73 Å². The molecule has 0 spiro atoms.